The first kappa shape index (κ1) is 15.8. The molecular weight excluding hydrogens is 288 g/mol. The van der Waals surface area contributed by atoms with Crippen LogP contribution in [0.2, 0.25) is 0 Å². The van der Waals surface area contributed by atoms with E-state index in [1.165, 1.54) is 6.26 Å². The largest absolute Gasteiger partial charge is 0.468 e. The van der Waals surface area contributed by atoms with Crippen LogP contribution in [-0.4, -0.2) is 15.0 Å². The third kappa shape index (κ3) is 5.34. The zero-order valence-electron chi connectivity index (χ0n) is 12.0. The number of nitrogens with one attached hydrogen (secondary N) is 2. The topological polar surface area (TPSA) is 71.3 Å². The summed E-state index contributed by atoms with van der Waals surface area (Å²) in [6.07, 6.45) is 1.52. The number of hydrogen-bond donors (Lipinski definition) is 2. The van der Waals surface area contributed by atoms with Crippen LogP contribution >= 0.6 is 0 Å². The molecule has 0 saturated heterocycles. The molecule has 0 unspecified atom stereocenters. The Morgan fingerprint density at radius 2 is 1.76 bits per heavy atom. The van der Waals surface area contributed by atoms with Crippen LogP contribution in [0, 0.1) is 0 Å². The van der Waals surface area contributed by atoms with E-state index in [9.17, 15) is 8.42 Å². The molecule has 0 aliphatic rings. The first-order valence-electron chi connectivity index (χ1n) is 6.87. The van der Waals surface area contributed by atoms with Crippen LogP contribution in [-0.2, 0) is 28.9 Å². The van der Waals surface area contributed by atoms with E-state index in [1.807, 2.05) is 31.2 Å². The van der Waals surface area contributed by atoms with Crippen LogP contribution in [0.15, 0.2) is 47.1 Å². The molecule has 0 spiro atoms. The first-order valence-corrected chi connectivity index (χ1v) is 8.52. The Morgan fingerprint density at radius 3 is 2.38 bits per heavy atom. The number of furan rings is 1. The van der Waals surface area contributed by atoms with Crippen molar-refractivity contribution in [1.82, 2.24) is 10.0 Å². The van der Waals surface area contributed by atoms with Crippen molar-refractivity contribution in [2.75, 3.05) is 6.54 Å². The second-order valence-corrected chi connectivity index (χ2v) is 6.56. The van der Waals surface area contributed by atoms with Crippen molar-refractivity contribution < 1.29 is 12.8 Å². The van der Waals surface area contributed by atoms with Gasteiger partial charge >= 0.3 is 0 Å². The number of benzene rings is 1. The molecule has 1 aromatic carbocycles. The second-order valence-electron chi connectivity index (χ2n) is 4.76. The van der Waals surface area contributed by atoms with Crippen molar-refractivity contribution >= 4 is 10.0 Å². The van der Waals surface area contributed by atoms with Crippen LogP contribution < -0.4 is 10.0 Å². The lowest BCUT2D eigenvalue weighted by Crippen LogP contribution is -2.24. The van der Waals surface area contributed by atoms with Gasteiger partial charge in [-0.05, 0) is 29.8 Å². The summed E-state index contributed by atoms with van der Waals surface area (Å²) in [6.45, 7) is 3.92. The van der Waals surface area contributed by atoms with Gasteiger partial charge in [-0.3, -0.25) is 0 Å². The van der Waals surface area contributed by atoms with Crippen LogP contribution in [0.3, 0.4) is 0 Å². The third-order valence-electron chi connectivity index (χ3n) is 3.01. The van der Waals surface area contributed by atoms with Gasteiger partial charge in [0.05, 0.1) is 18.6 Å². The Balaban J connectivity index is 1.90. The molecule has 0 radical (unpaired) electrons. The van der Waals surface area contributed by atoms with Crippen molar-refractivity contribution in [2.24, 2.45) is 0 Å². The third-order valence-corrected chi connectivity index (χ3v) is 4.30. The summed E-state index contributed by atoms with van der Waals surface area (Å²) < 4.78 is 31.6. The molecule has 114 valence electrons. The van der Waals surface area contributed by atoms with Gasteiger partial charge in [0.15, 0.2) is 0 Å². The van der Waals surface area contributed by atoms with E-state index in [-0.39, 0.29) is 12.3 Å². The van der Waals surface area contributed by atoms with E-state index < -0.39 is 10.0 Å². The molecule has 2 aromatic rings. The molecule has 5 nitrogen and oxygen atoms in total. The van der Waals surface area contributed by atoms with Gasteiger partial charge in [0.1, 0.15) is 5.76 Å². The number of sulfonamides is 1. The molecule has 0 atom stereocenters. The van der Waals surface area contributed by atoms with Gasteiger partial charge in [0, 0.05) is 6.54 Å². The van der Waals surface area contributed by atoms with Gasteiger partial charge in [-0.15, -0.1) is 0 Å². The fourth-order valence-corrected chi connectivity index (χ4v) is 2.98. The Bertz CT molecular complexity index is 634. The molecule has 6 heteroatoms. The molecule has 2 N–H and O–H groups in total. The number of hydrogen-bond acceptors (Lipinski definition) is 4. The summed E-state index contributed by atoms with van der Waals surface area (Å²) >= 11 is 0. The molecule has 0 bridgehead atoms. The van der Waals surface area contributed by atoms with Gasteiger partial charge in [0.2, 0.25) is 10.0 Å². The molecule has 21 heavy (non-hydrogen) atoms. The van der Waals surface area contributed by atoms with Gasteiger partial charge < -0.3 is 9.73 Å². The summed E-state index contributed by atoms with van der Waals surface area (Å²) in [4.78, 5) is 0. The van der Waals surface area contributed by atoms with Crippen molar-refractivity contribution in [1.29, 1.82) is 0 Å². The van der Waals surface area contributed by atoms with Gasteiger partial charge in [-0.1, -0.05) is 31.2 Å². The highest BCUT2D eigenvalue weighted by molar-refractivity contribution is 7.88. The van der Waals surface area contributed by atoms with Gasteiger partial charge in [0.25, 0.3) is 0 Å². The molecule has 0 fully saturated rings. The summed E-state index contributed by atoms with van der Waals surface area (Å²) in [5.41, 5.74) is 1.91. The van der Waals surface area contributed by atoms with Gasteiger partial charge in [-0.2, -0.15) is 0 Å². The summed E-state index contributed by atoms with van der Waals surface area (Å²) in [7, 11) is -3.37. The zero-order chi connectivity index (χ0) is 15.1. The lowest BCUT2D eigenvalue weighted by atomic mass is 10.1. The lowest BCUT2D eigenvalue weighted by molar-refractivity contribution is 0.498. The van der Waals surface area contributed by atoms with Crippen LogP contribution in [0.5, 0.6) is 0 Å². The van der Waals surface area contributed by atoms with E-state index in [0.717, 1.165) is 24.2 Å². The molecule has 0 aliphatic heterocycles. The maximum absolute atomic E-state index is 12.0. The molecule has 0 saturated carbocycles. The maximum Gasteiger partial charge on any atom is 0.216 e. The monoisotopic (exact) mass is 308 g/mol. The Labute approximate surface area is 125 Å². The fraction of sp³-hybridized carbons (Fsp3) is 0.333. The quantitative estimate of drug-likeness (QED) is 0.782. The minimum Gasteiger partial charge on any atom is -0.468 e. The van der Waals surface area contributed by atoms with E-state index in [1.54, 1.807) is 12.1 Å². The van der Waals surface area contributed by atoms with E-state index in [4.69, 9.17) is 4.42 Å². The van der Waals surface area contributed by atoms with Crippen LogP contribution in [0.25, 0.3) is 0 Å². The van der Waals surface area contributed by atoms with Gasteiger partial charge in [-0.25, -0.2) is 13.1 Å². The smallest absolute Gasteiger partial charge is 0.216 e. The Morgan fingerprint density at radius 1 is 1.05 bits per heavy atom. The maximum atomic E-state index is 12.0. The van der Waals surface area contributed by atoms with Crippen molar-refractivity contribution in [3.05, 3.63) is 59.5 Å². The number of rotatable bonds is 8. The minimum atomic E-state index is -3.37. The zero-order valence-corrected chi connectivity index (χ0v) is 12.8. The van der Waals surface area contributed by atoms with Crippen LogP contribution in [0.4, 0.5) is 0 Å². The molecule has 0 amide bonds. The Hall–Kier alpha value is -1.63. The minimum absolute atomic E-state index is 0.0325. The highest BCUT2D eigenvalue weighted by Crippen LogP contribution is 2.09. The normalized spacial score (nSPS) is 11.7. The highest BCUT2D eigenvalue weighted by Gasteiger charge is 2.12. The van der Waals surface area contributed by atoms with Crippen molar-refractivity contribution in [3.8, 4) is 0 Å². The summed E-state index contributed by atoms with van der Waals surface area (Å²) in [5.74, 6) is 0.564. The average Bonchev–Trinajstić information content (AvgIpc) is 2.98. The second kappa shape index (κ2) is 7.40. The molecule has 1 heterocycles. The van der Waals surface area contributed by atoms with E-state index in [2.05, 4.69) is 10.0 Å². The van der Waals surface area contributed by atoms with Crippen LogP contribution in [0.1, 0.15) is 23.8 Å². The predicted octanol–water partition coefficient (Wildman–Crippen LogP) is 2.01. The summed E-state index contributed by atoms with van der Waals surface area (Å²) in [5, 5.41) is 3.23. The van der Waals surface area contributed by atoms with E-state index >= 15 is 0 Å². The van der Waals surface area contributed by atoms with Crippen molar-refractivity contribution in [2.45, 2.75) is 25.8 Å². The fourth-order valence-electron chi connectivity index (χ4n) is 1.89. The summed E-state index contributed by atoms with van der Waals surface area (Å²) in [6, 6.07) is 11.0. The first-order chi connectivity index (χ1) is 10.1. The molecule has 0 aliphatic carbocycles. The highest BCUT2D eigenvalue weighted by atomic mass is 32.2. The standard InChI is InChI=1S/C15H20N2O3S/c1-2-16-10-13-5-7-14(8-6-13)12-21(18,19)17-11-15-4-3-9-20-15/h3-9,16-17H,2,10-12H2,1H3. The molecule has 2 rings (SSSR count). The Kier molecular flexibility index (Phi) is 5.55. The van der Waals surface area contributed by atoms with E-state index in [0.29, 0.717) is 5.76 Å². The average molecular weight is 308 g/mol. The SMILES string of the molecule is CCNCc1ccc(CS(=O)(=O)NCc2ccco2)cc1. The lowest BCUT2D eigenvalue weighted by Gasteiger charge is -2.07. The predicted molar refractivity (Wildman–Crippen MR) is 82.0 cm³/mol. The van der Waals surface area contributed by atoms with Crippen molar-refractivity contribution in [3.63, 3.8) is 0 Å². The molecule has 1 aromatic heterocycles. The molecular formula is C15H20N2O3S.